The monoisotopic (exact) mass is 373 g/mol. The van der Waals surface area contributed by atoms with Crippen LogP contribution in [0.4, 0.5) is 0 Å². The van der Waals surface area contributed by atoms with E-state index in [9.17, 15) is 5.11 Å². The summed E-state index contributed by atoms with van der Waals surface area (Å²) in [5.41, 5.74) is 0.410. The molecule has 22 heavy (non-hydrogen) atoms. The van der Waals surface area contributed by atoms with E-state index in [-0.39, 0.29) is 0 Å². The summed E-state index contributed by atoms with van der Waals surface area (Å²) < 4.78 is 17.1. The highest BCUT2D eigenvalue weighted by Crippen LogP contribution is 2.36. The van der Waals surface area contributed by atoms with Gasteiger partial charge in [0.05, 0.1) is 23.8 Å². The van der Waals surface area contributed by atoms with Crippen LogP contribution in [0.3, 0.4) is 0 Å². The maximum atomic E-state index is 10.4. The van der Waals surface area contributed by atoms with E-state index in [1.807, 2.05) is 19.1 Å². The van der Waals surface area contributed by atoms with Gasteiger partial charge in [-0.25, -0.2) is 0 Å². The molecule has 0 aliphatic carbocycles. The van der Waals surface area contributed by atoms with E-state index < -0.39 is 5.60 Å². The van der Waals surface area contributed by atoms with Gasteiger partial charge >= 0.3 is 0 Å². The van der Waals surface area contributed by atoms with E-state index in [1.165, 1.54) is 0 Å². The first-order chi connectivity index (χ1) is 10.6. The normalized spacial score (nSPS) is 17.3. The van der Waals surface area contributed by atoms with Gasteiger partial charge in [-0.05, 0) is 40.5 Å². The maximum absolute atomic E-state index is 10.4. The molecule has 0 amide bonds. The summed E-state index contributed by atoms with van der Waals surface area (Å²) in [5.74, 6) is 1.43. The van der Waals surface area contributed by atoms with E-state index in [4.69, 9.17) is 14.2 Å². The highest BCUT2D eigenvalue weighted by atomic mass is 79.9. The Bertz CT molecular complexity index is 489. The van der Waals surface area contributed by atoms with E-state index in [1.54, 1.807) is 7.11 Å². The molecule has 0 saturated carbocycles. The third-order valence-corrected chi connectivity index (χ3v) is 4.37. The molecule has 1 aromatic carbocycles. The van der Waals surface area contributed by atoms with Crippen LogP contribution in [0.15, 0.2) is 16.6 Å². The van der Waals surface area contributed by atoms with Crippen molar-refractivity contribution in [2.24, 2.45) is 0 Å². The highest BCUT2D eigenvalue weighted by molar-refractivity contribution is 9.10. The van der Waals surface area contributed by atoms with E-state index in [2.05, 4.69) is 21.2 Å². The third kappa shape index (κ3) is 4.59. The summed E-state index contributed by atoms with van der Waals surface area (Å²) in [4.78, 5) is 0. The number of hydrogen-bond acceptors (Lipinski definition) is 5. The van der Waals surface area contributed by atoms with Crippen molar-refractivity contribution in [2.75, 3.05) is 33.5 Å². The molecule has 0 spiro atoms. The molecular weight excluding hydrogens is 350 g/mol. The van der Waals surface area contributed by atoms with Gasteiger partial charge in [0.25, 0.3) is 0 Å². The lowest BCUT2D eigenvalue weighted by Crippen LogP contribution is -2.44. The fraction of sp³-hybridized carbons (Fsp3) is 0.625. The van der Waals surface area contributed by atoms with Crippen molar-refractivity contribution in [3.05, 3.63) is 22.2 Å². The van der Waals surface area contributed by atoms with Crippen LogP contribution >= 0.6 is 15.9 Å². The number of aliphatic hydroxyl groups is 1. The summed E-state index contributed by atoms with van der Waals surface area (Å²) in [7, 11) is 1.63. The Labute approximate surface area is 140 Å². The zero-order chi connectivity index (χ0) is 16.0. The van der Waals surface area contributed by atoms with Crippen LogP contribution in [0.1, 0.15) is 25.3 Å². The summed E-state index contributed by atoms with van der Waals surface area (Å²) >= 11 is 3.52. The Balaban J connectivity index is 1.96. The quantitative estimate of drug-likeness (QED) is 0.768. The predicted molar refractivity (Wildman–Crippen MR) is 88.6 cm³/mol. The van der Waals surface area contributed by atoms with E-state index >= 15 is 0 Å². The zero-order valence-corrected chi connectivity index (χ0v) is 14.7. The Morgan fingerprint density at radius 2 is 2.09 bits per heavy atom. The first kappa shape index (κ1) is 17.5. The molecular formula is C16H24BrNO4. The topological polar surface area (TPSA) is 60.0 Å². The van der Waals surface area contributed by atoms with Crippen LogP contribution in [-0.2, 0) is 11.3 Å². The molecule has 1 aliphatic heterocycles. The molecule has 5 nitrogen and oxygen atoms in total. The fourth-order valence-corrected chi connectivity index (χ4v) is 3.13. The first-order valence-corrected chi connectivity index (χ1v) is 8.37. The van der Waals surface area contributed by atoms with E-state index in [0.717, 1.165) is 15.8 Å². The lowest BCUT2D eigenvalue weighted by molar-refractivity contribution is -0.0617. The molecule has 0 aromatic heterocycles. The Morgan fingerprint density at radius 3 is 2.73 bits per heavy atom. The summed E-state index contributed by atoms with van der Waals surface area (Å²) in [6, 6.07) is 3.96. The first-order valence-electron chi connectivity index (χ1n) is 7.58. The number of rotatable bonds is 7. The van der Waals surface area contributed by atoms with Crippen LogP contribution in [0, 0.1) is 0 Å². The minimum absolute atomic E-state index is 0.559. The minimum Gasteiger partial charge on any atom is -0.493 e. The number of benzene rings is 1. The van der Waals surface area contributed by atoms with Gasteiger partial charge in [0, 0.05) is 39.1 Å². The molecule has 124 valence electrons. The predicted octanol–water partition coefficient (Wildman–Crippen LogP) is 2.49. The van der Waals surface area contributed by atoms with Gasteiger partial charge in [0.15, 0.2) is 11.5 Å². The zero-order valence-electron chi connectivity index (χ0n) is 13.2. The van der Waals surface area contributed by atoms with Crippen molar-refractivity contribution >= 4 is 15.9 Å². The van der Waals surface area contributed by atoms with Gasteiger partial charge in [0.1, 0.15) is 0 Å². The Morgan fingerprint density at radius 1 is 1.36 bits per heavy atom. The van der Waals surface area contributed by atoms with Crippen LogP contribution in [-0.4, -0.2) is 44.2 Å². The van der Waals surface area contributed by atoms with Crippen molar-refractivity contribution in [3.8, 4) is 11.5 Å². The summed E-state index contributed by atoms with van der Waals surface area (Å²) in [6.07, 6.45) is 1.35. The van der Waals surface area contributed by atoms with Crippen molar-refractivity contribution in [2.45, 2.75) is 31.9 Å². The summed E-state index contributed by atoms with van der Waals surface area (Å²) in [6.45, 7) is 4.99. The van der Waals surface area contributed by atoms with Crippen molar-refractivity contribution in [1.29, 1.82) is 0 Å². The lowest BCUT2D eigenvalue weighted by Gasteiger charge is -2.32. The Kier molecular flexibility index (Phi) is 6.50. The molecule has 1 fully saturated rings. The lowest BCUT2D eigenvalue weighted by atomic mass is 9.94. The molecule has 6 heteroatoms. The van der Waals surface area contributed by atoms with Gasteiger partial charge in [0.2, 0.25) is 0 Å². The number of hydrogen-bond donors (Lipinski definition) is 2. The SMILES string of the molecule is CCOc1c(Br)cc(CNCC2(O)CCOCC2)cc1OC. The molecule has 0 radical (unpaired) electrons. The second-order valence-electron chi connectivity index (χ2n) is 5.48. The van der Waals surface area contributed by atoms with Gasteiger partial charge in [-0.15, -0.1) is 0 Å². The molecule has 2 rings (SSSR count). The fourth-order valence-electron chi connectivity index (χ4n) is 2.53. The number of halogens is 1. The average molecular weight is 374 g/mol. The van der Waals surface area contributed by atoms with Crippen LogP contribution < -0.4 is 14.8 Å². The standard InChI is InChI=1S/C16H24BrNO4/c1-3-22-15-13(17)8-12(9-14(15)20-2)10-18-11-16(19)4-6-21-7-5-16/h8-9,18-19H,3-7,10-11H2,1-2H3. The molecule has 0 atom stereocenters. The molecule has 1 aromatic rings. The number of nitrogens with one attached hydrogen (secondary N) is 1. The molecule has 1 aliphatic rings. The molecule has 0 bridgehead atoms. The third-order valence-electron chi connectivity index (χ3n) is 3.78. The highest BCUT2D eigenvalue weighted by Gasteiger charge is 2.29. The van der Waals surface area contributed by atoms with Crippen molar-refractivity contribution < 1.29 is 19.3 Å². The van der Waals surface area contributed by atoms with Gasteiger partial charge in [-0.3, -0.25) is 0 Å². The van der Waals surface area contributed by atoms with Gasteiger partial charge < -0.3 is 24.6 Å². The molecule has 2 N–H and O–H groups in total. The average Bonchev–Trinajstić information content (AvgIpc) is 2.50. The van der Waals surface area contributed by atoms with Crippen molar-refractivity contribution in [3.63, 3.8) is 0 Å². The largest absolute Gasteiger partial charge is 0.493 e. The van der Waals surface area contributed by atoms with Crippen LogP contribution in [0.5, 0.6) is 11.5 Å². The second kappa shape index (κ2) is 8.15. The van der Waals surface area contributed by atoms with Crippen LogP contribution in [0.25, 0.3) is 0 Å². The maximum Gasteiger partial charge on any atom is 0.175 e. The van der Waals surface area contributed by atoms with Crippen LogP contribution in [0.2, 0.25) is 0 Å². The molecule has 1 saturated heterocycles. The number of ether oxygens (including phenoxy) is 3. The van der Waals surface area contributed by atoms with Gasteiger partial charge in [-0.2, -0.15) is 0 Å². The minimum atomic E-state index is -0.662. The van der Waals surface area contributed by atoms with Crippen molar-refractivity contribution in [1.82, 2.24) is 5.32 Å². The summed E-state index contributed by atoms with van der Waals surface area (Å²) in [5, 5.41) is 13.7. The second-order valence-corrected chi connectivity index (χ2v) is 6.34. The van der Waals surface area contributed by atoms with E-state index in [0.29, 0.717) is 51.5 Å². The molecule has 0 unspecified atom stereocenters. The molecule has 1 heterocycles. The number of methoxy groups -OCH3 is 1. The van der Waals surface area contributed by atoms with Gasteiger partial charge in [-0.1, -0.05) is 0 Å². The Hall–Kier alpha value is -0.820. The smallest absolute Gasteiger partial charge is 0.175 e.